The molecule has 4 nitrogen and oxygen atoms in total. The van der Waals surface area contributed by atoms with Crippen LogP contribution in [0, 0.1) is 11.3 Å². The number of hydrogen-bond acceptors (Lipinski definition) is 4. The molecule has 0 heterocycles. The van der Waals surface area contributed by atoms with E-state index in [0.717, 1.165) is 12.1 Å². The number of nitriles is 1. The summed E-state index contributed by atoms with van der Waals surface area (Å²) in [7, 11) is 1.67. The molecule has 1 aromatic rings. The molecule has 110 valence electrons. The van der Waals surface area contributed by atoms with Crippen molar-refractivity contribution in [1.82, 2.24) is 4.90 Å². The predicted molar refractivity (Wildman–Crippen MR) is 81.5 cm³/mol. The Morgan fingerprint density at radius 3 is 2.50 bits per heavy atom. The van der Waals surface area contributed by atoms with Gasteiger partial charge in [-0.3, -0.25) is 4.90 Å². The highest BCUT2D eigenvalue weighted by Crippen LogP contribution is 2.25. The zero-order valence-electron chi connectivity index (χ0n) is 12.1. The molecule has 20 heavy (non-hydrogen) atoms. The van der Waals surface area contributed by atoms with Crippen LogP contribution in [-0.4, -0.2) is 37.7 Å². The van der Waals surface area contributed by atoms with Crippen molar-refractivity contribution in [2.45, 2.75) is 25.4 Å². The smallest absolute Gasteiger partial charge is 0.0635 e. The van der Waals surface area contributed by atoms with Gasteiger partial charge >= 0.3 is 0 Å². The van der Waals surface area contributed by atoms with Gasteiger partial charge in [-0.15, -0.1) is 0 Å². The lowest BCUT2D eigenvalue weighted by atomic mass is 9.99. The maximum atomic E-state index is 8.81. The van der Waals surface area contributed by atoms with Crippen LogP contribution in [0.25, 0.3) is 0 Å². The lowest BCUT2D eigenvalue weighted by Crippen LogP contribution is -2.41. The molecule has 2 unspecified atom stereocenters. The van der Waals surface area contributed by atoms with E-state index in [4.69, 9.17) is 27.3 Å². The van der Waals surface area contributed by atoms with Crippen molar-refractivity contribution in [3.63, 3.8) is 0 Å². The Labute approximate surface area is 126 Å². The maximum absolute atomic E-state index is 8.81. The third kappa shape index (κ3) is 5.10. The molecule has 5 heteroatoms. The largest absolute Gasteiger partial charge is 0.383 e. The SMILES string of the molecule is COCCN(CCC#N)C(c1ccc(Cl)cc1)C(C)N. The molecule has 0 saturated heterocycles. The molecule has 0 amide bonds. The summed E-state index contributed by atoms with van der Waals surface area (Å²) >= 11 is 5.93. The van der Waals surface area contributed by atoms with E-state index in [1.807, 2.05) is 31.2 Å². The second-order valence-corrected chi connectivity index (χ2v) is 5.23. The number of rotatable bonds is 8. The van der Waals surface area contributed by atoms with Gasteiger partial charge in [-0.25, -0.2) is 0 Å². The van der Waals surface area contributed by atoms with Crippen molar-refractivity contribution in [2.75, 3.05) is 26.8 Å². The van der Waals surface area contributed by atoms with Crippen LogP contribution in [0.2, 0.25) is 5.02 Å². The minimum atomic E-state index is -0.0493. The Balaban J connectivity index is 2.94. The number of benzene rings is 1. The number of halogens is 1. The van der Waals surface area contributed by atoms with Gasteiger partial charge in [-0.1, -0.05) is 23.7 Å². The molecule has 2 atom stereocenters. The first-order valence-corrected chi connectivity index (χ1v) is 7.09. The summed E-state index contributed by atoms with van der Waals surface area (Å²) in [5.41, 5.74) is 7.26. The van der Waals surface area contributed by atoms with Gasteiger partial charge in [0, 0.05) is 43.7 Å². The number of ether oxygens (including phenoxy) is 1. The van der Waals surface area contributed by atoms with Gasteiger partial charge in [0.25, 0.3) is 0 Å². The standard InChI is InChI=1S/C15H22ClN3O/c1-12(18)15(13-4-6-14(16)7-5-13)19(9-3-8-17)10-11-20-2/h4-7,12,15H,3,9-11,18H2,1-2H3. The van der Waals surface area contributed by atoms with Gasteiger partial charge in [-0.05, 0) is 24.6 Å². The quantitative estimate of drug-likeness (QED) is 0.801. The molecule has 0 radical (unpaired) electrons. The first kappa shape index (κ1) is 16.9. The monoisotopic (exact) mass is 295 g/mol. The van der Waals surface area contributed by atoms with Crippen LogP contribution in [0.1, 0.15) is 24.9 Å². The van der Waals surface area contributed by atoms with E-state index in [9.17, 15) is 0 Å². The topological polar surface area (TPSA) is 62.3 Å². The van der Waals surface area contributed by atoms with Gasteiger partial charge in [0.2, 0.25) is 0 Å². The molecule has 0 fully saturated rings. The highest BCUT2D eigenvalue weighted by atomic mass is 35.5. The van der Waals surface area contributed by atoms with Gasteiger partial charge in [0.1, 0.15) is 0 Å². The van der Waals surface area contributed by atoms with E-state index < -0.39 is 0 Å². The molecule has 0 aliphatic rings. The van der Waals surface area contributed by atoms with E-state index in [2.05, 4.69) is 11.0 Å². The molecule has 0 aromatic heterocycles. The summed E-state index contributed by atoms with van der Waals surface area (Å²) < 4.78 is 5.15. The number of methoxy groups -OCH3 is 1. The first-order chi connectivity index (χ1) is 9.60. The van der Waals surface area contributed by atoms with Crippen molar-refractivity contribution in [3.05, 3.63) is 34.9 Å². The molecular formula is C15H22ClN3O. The normalized spacial score (nSPS) is 14.0. The second-order valence-electron chi connectivity index (χ2n) is 4.79. The molecular weight excluding hydrogens is 274 g/mol. The zero-order chi connectivity index (χ0) is 15.0. The van der Waals surface area contributed by atoms with E-state index in [0.29, 0.717) is 24.6 Å². The van der Waals surface area contributed by atoms with Gasteiger partial charge in [0.05, 0.1) is 12.7 Å². The van der Waals surface area contributed by atoms with Crippen LogP contribution in [-0.2, 0) is 4.74 Å². The minimum Gasteiger partial charge on any atom is -0.383 e. The summed E-state index contributed by atoms with van der Waals surface area (Å²) in [5.74, 6) is 0. The average molecular weight is 296 g/mol. The Bertz CT molecular complexity index is 428. The fraction of sp³-hybridized carbons (Fsp3) is 0.533. The van der Waals surface area contributed by atoms with Gasteiger partial charge in [-0.2, -0.15) is 5.26 Å². The third-order valence-corrected chi connectivity index (χ3v) is 3.45. The van der Waals surface area contributed by atoms with Crippen molar-refractivity contribution < 1.29 is 4.74 Å². The van der Waals surface area contributed by atoms with Crippen LogP contribution in [0.3, 0.4) is 0 Å². The molecule has 0 spiro atoms. The van der Waals surface area contributed by atoms with Crippen LogP contribution in [0.4, 0.5) is 0 Å². The zero-order valence-corrected chi connectivity index (χ0v) is 12.8. The fourth-order valence-corrected chi connectivity index (χ4v) is 2.42. The molecule has 1 rings (SSSR count). The Morgan fingerprint density at radius 2 is 2.00 bits per heavy atom. The Kier molecular flexibility index (Phi) is 7.56. The van der Waals surface area contributed by atoms with E-state index in [-0.39, 0.29) is 12.1 Å². The van der Waals surface area contributed by atoms with E-state index in [1.165, 1.54) is 0 Å². The lowest BCUT2D eigenvalue weighted by Gasteiger charge is -2.34. The summed E-state index contributed by atoms with van der Waals surface area (Å²) in [6.07, 6.45) is 0.473. The average Bonchev–Trinajstić information content (AvgIpc) is 2.43. The predicted octanol–water partition coefficient (Wildman–Crippen LogP) is 2.59. The Morgan fingerprint density at radius 1 is 1.35 bits per heavy atom. The molecule has 1 aromatic carbocycles. The van der Waals surface area contributed by atoms with Crippen molar-refractivity contribution >= 4 is 11.6 Å². The number of nitrogens with zero attached hydrogens (tertiary/aromatic N) is 2. The Hall–Kier alpha value is -1.12. The maximum Gasteiger partial charge on any atom is 0.0635 e. The molecule has 0 bridgehead atoms. The number of hydrogen-bond donors (Lipinski definition) is 1. The molecule has 2 N–H and O–H groups in total. The highest BCUT2D eigenvalue weighted by Gasteiger charge is 2.23. The number of nitrogens with two attached hydrogens (primary N) is 1. The van der Waals surface area contributed by atoms with Crippen molar-refractivity contribution in [1.29, 1.82) is 5.26 Å². The van der Waals surface area contributed by atoms with Crippen LogP contribution in [0.15, 0.2) is 24.3 Å². The second kappa shape index (κ2) is 8.93. The van der Waals surface area contributed by atoms with E-state index in [1.54, 1.807) is 7.11 Å². The van der Waals surface area contributed by atoms with Gasteiger partial charge < -0.3 is 10.5 Å². The molecule has 0 aliphatic carbocycles. The van der Waals surface area contributed by atoms with Crippen molar-refractivity contribution in [3.8, 4) is 6.07 Å². The molecule has 0 aliphatic heterocycles. The highest BCUT2D eigenvalue weighted by molar-refractivity contribution is 6.30. The summed E-state index contributed by atoms with van der Waals surface area (Å²) in [6, 6.07) is 9.90. The lowest BCUT2D eigenvalue weighted by molar-refractivity contribution is 0.112. The third-order valence-electron chi connectivity index (χ3n) is 3.20. The minimum absolute atomic E-state index is 0.0493. The fourth-order valence-electron chi connectivity index (χ4n) is 2.30. The first-order valence-electron chi connectivity index (χ1n) is 6.71. The van der Waals surface area contributed by atoms with Crippen LogP contribution < -0.4 is 5.73 Å². The van der Waals surface area contributed by atoms with E-state index >= 15 is 0 Å². The summed E-state index contributed by atoms with van der Waals surface area (Å²) in [4.78, 5) is 2.20. The van der Waals surface area contributed by atoms with Crippen LogP contribution in [0.5, 0.6) is 0 Å². The molecule has 0 saturated carbocycles. The van der Waals surface area contributed by atoms with Gasteiger partial charge in [0.15, 0.2) is 0 Å². The summed E-state index contributed by atoms with van der Waals surface area (Å²) in [6.45, 7) is 4.01. The summed E-state index contributed by atoms with van der Waals surface area (Å²) in [5, 5.41) is 9.52. The van der Waals surface area contributed by atoms with Crippen molar-refractivity contribution in [2.24, 2.45) is 5.73 Å². The van der Waals surface area contributed by atoms with Crippen LogP contribution >= 0.6 is 11.6 Å².